The number of thioether (sulfide) groups is 1. The molecule has 26 heavy (non-hydrogen) atoms. The number of amides is 1. The SMILES string of the molecule is C[C@H](Oc1ccccc1)C(=O)OCC(=O)Nc1ccc(SC(F)F)cc1. The Morgan fingerprint density at radius 1 is 1.08 bits per heavy atom. The van der Waals surface area contributed by atoms with Crippen LogP contribution in [0, 0.1) is 0 Å². The minimum absolute atomic E-state index is 0.385. The fourth-order valence-electron chi connectivity index (χ4n) is 1.92. The topological polar surface area (TPSA) is 64.6 Å². The fourth-order valence-corrected chi connectivity index (χ4v) is 2.42. The summed E-state index contributed by atoms with van der Waals surface area (Å²) in [6, 6.07) is 14.7. The van der Waals surface area contributed by atoms with Gasteiger partial charge in [0.05, 0.1) is 0 Å². The predicted molar refractivity (Wildman–Crippen MR) is 94.4 cm³/mol. The number of hydrogen-bond donors (Lipinski definition) is 1. The molecule has 0 radical (unpaired) electrons. The first-order chi connectivity index (χ1) is 12.4. The number of benzene rings is 2. The average molecular weight is 381 g/mol. The Bertz CT molecular complexity index is 726. The largest absolute Gasteiger partial charge is 0.479 e. The van der Waals surface area contributed by atoms with Gasteiger partial charge in [0, 0.05) is 10.6 Å². The molecule has 0 saturated carbocycles. The number of carbonyl (C=O) groups is 2. The van der Waals surface area contributed by atoms with Crippen LogP contribution >= 0.6 is 11.8 Å². The van der Waals surface area contributed by atoms with E-state index in [0.29, 0.717) is 28.1 Å². The van der Waals surface area contributed by atoms with Gasteiger partial charge in [-0.3, -0.25) is 4.79 Å². The monoisotopic (exact) mass is 381 g/mol. The van der Waals surface area contributed by atoms with E-state index in [1.807, 2.05) is 6.07 Å². The molecule has 1 N–H and O–H groups in total. The highest BCUT2D eigenvalue weighted by Crippen LogP contribution is 2.26. The minimum Gasteiger partial charge on any atom is -0.479 e. The van der Waals surface area contributed by atoms with E-state index in [-0.39, 0.29) is 0 Å². The Balaban J connectivity index is 1.76. The molecule has 0 bridgehead atoms. The number of halogens is 2. The molecule has 0 saturated heterocycles. The second-order valence-electron chi connectivity index (χ2n) is 5.13. The minimum atomic E-state index is -2.50. The van der Waals surface area contributed by atoms with Gasteiger partial charge in [-0.25, -0.2) is 4.79 Å². The molecule has 8 heteroatoms. The Morgan fingerprint density at radius 2 is 1.73 bits per heavy atom. The van der Waals surface area contributed by atoms with E-state index < -0.39 is 30.3 Å². The Morgan fingerprint density at radius 3 is 2.35 bits per heavy atom. The van der Waals surface area contributed by atoms with Crippen molar-refractivity contribution in [1.29, 1.82) is 0 Å². The van der Waals surface area contributed by atoms with E-state index >= 15 is 0 Å². The summed E-state index contributed by atoms with van der Waals surface area (Å²) >= 11 is 0.415. The number of esters is 1. The number of alkyl halides is 2. The Labute approximate surface area is 153 Å². The zero-order valence-corrected chi connectivity index (χ0v) is 14.7. The molecule has 138 valence electrons. The van der Waals surface area contributed by atoms with Gasteiger partial charge >= 0.3 is 5.97 Å². The average Bonchev–Trinajstić information content (AvgIpc) is 2.61. The van der Waals surface area contributed by atoms with Crippen LogP contribution in [0.15, 0.2) is 59.5 Å². The van der Waals surface area contributed by atoms with Crippen LogP contribution in [0.25, 0.3) is 0 Å². The molecule has 2 rings (SSSR count). The van der Waals surface area contributed by atoms with Gasteiger partial charge in [-0.15, -0.1) is 0 Å². The quantitative estimate of drug-likeness (QED) is 0.554. The molecule has 0 unspecified atom stereocenters. The lowest BCUT2D eigenvalue weighted by molar-refractivity contribution is -0.153. The summed E-state index contributed by atoms with van der Waals surface area (Å²) in [5.74, 6) is -3.20. The molecule has 0 spiro atoms. The van der Waals surface area contributed by atoms with Crippen LogP contribution in [0.4, 0.5) is 14.5 Å². The van der Waals surface area contributed by atoms with Gasteiger partial charge in [-0.05, 0) is 43.3 Å². The Hall–Kier alpha value is -2.61. The summed E-state index contributed by atoms with van der Waals surface area (Å²) < 4.78 is 34.8. The van der Waals surface area contributed by atoms with Crippen LogP contribution in [-0.2, 0) is 14.3 Å². The van der Waals surface area contributed by atoms with Gasteiger partial charge in [0.1, 0.15) is 5.75 Å². The van der Waals surface area contributed by atoms with Crippen molar-refractivity contribution in [3.05, 3.63) is 54.6 Å². The zero-order valence-electron chi connectivity index (χ0n) is 13.9. The third kappa shape index (κ3) is 6.72. The van der Waals surface area contributed by atoms with Crippen molar-refractivity contribution in [3.8, 4) is 5.75 Å². The maximum Gasteiger partial charge on any atom is 0.347 e. The van der Waals surface area contributed by atoms with E-state index in [4.69, 9.17) is 9.47 Å². The van der Waals surface area contributed by atoms with Crippen LogP contribution in [0.1, 0.15) is 6.92 Å². The first-order valence-corrected chi connectivity index (χ1v) is 8.55. The summed E-state index contributed by atoms with van der Waals surface area (Å²) in [7, 11) is 0. The molecular weight excluding hydrogens is 364 g/mol. The first-order valence-electron chi connectivity index (χ1n) is 7.67. The molecule has 0 aromatic heterocycles. The van der Waals surface area contributed by atoms with Crippen LogP contribution in [-0.4, -0.2) is 30.3 Å². The number of nitrogens with one attached hydrogen (secondary N) is 1. The number of hydrogen-bond acceptors (Lipinski definition) is 5. The highest BCUT2D eigenvalue weighted by Gasteiger charge is 2.17. The van der Waals surface area contributed by atoms with Gasteiger partial charge < -0.3 is 14.8 Å². The summed E-state index contributed by atoms with van der Waals surface area (Å²) in [6.45, 7) is 1.04. The van der Waals surface area contributed by atoms with Crippen molar-refractivity contribution in [3.63, 3.8) is 0 Å². The predicted octanol–water partition coefficient (Wildman–Crippen LogP) is 3.95. The number of anilines is 1. The van der Waals surface area contributed by atoms with E-state index in [0.717, 1.165) is 0 Å². The Kier molecular flexibility index (Phi) is 7.40. The van der Waals surface area contributed by atoms with Crippen LogP contribution in [0.5, 0.6) is 5.75 Å². The van der Waals surface area contributed by atoms with Gasteiger partial charge in [0.25, 0.3) is 11.7 Å². The molecule has 1 amide bonds. The summed E-state index contributed by atoms with van der Waals surface area (Å²) in [5.41, 5.74) is 0.415. The van der Waals surface area contributed by atoms with E-state index in [2.05, 4.69) is 5.32 Å². The van der Waals surface area contributed by atoms with E-state index in [1.165, 1.54) is 31.2 Å². The first kappa shape index (κ1) is 19.7. The summed E-state index contributed by atoms with van der Waals surface area (Å²) in [5, 5.41) is 2.51. The molecule has 2 aromatic rings. The van der Waals surface area contributed by atoms with Crippen molar-refractivity contribution in [2.75, 3.05) is 11.9 Å². The van der Waals surface area contributed by atoms with Crippen molar-refractivity contribution >= 4 is 29.3 Å². The van der Waals surface area contributed by atoms with E-state index in [1.54, 1.807) is 24.3 Å². The zero-order chi connectivity index (χ0) is 18.9. The number of carbonyl (C=O) groups excluding carboxylic acids is 2. The van der Waals surface area contributed by atoms with Gasteiger partial charge in [-0.1, -0.05) is 30.0 Å². The molecular formula is C18H17F2NO4S. The smallest absolute Gasteiger partial charge is 0.347 e. The molecule has 1 atom stereocenters. The van der Waals surface area contributed by atoms with Crippen molar-refractivity contribution in [2.45, 2.75) is 23.7 Å². The lowest BCUT2D eigenvalue weighted by atomic mass is 10.3. The summed E-state index contributed by atoms with van der Waals surface area (Å²) in [6.07, 6.45) is -0.865. The maximum atomic E-state index is 12.2. The van der Waals surface area contributed by atoms with Crippen molar-refractivity contribution in [1.82, 2.24) is 0 Å². The third-order valence-electron chi connectivity index (χ3n) is 3.10. The number of rotatable bonds is 8. The van der Waals surface area contributed by atoms with Crippen molar-refractivity contribution < 1.29 is 27.8 Å². The van der Waals surface area contributed by atoms with Crippen LogP contribution in [0.3, 0.4) is 0 Å². The molecule has 0 fully saturated rings. The molecule has 5 nitrogen and oxygen atoms in total. The molecule has 0 heterocycles. The normalized spacial score (nSPS) is 11.7. The summed E-state index contributed by atoms with van der Waals surface area (Å²) in [4.78, 5) is 24.0. The standard InChI is InChI=1S/C18H17F2NO4S/c1-12(25-14-5-3-2-4-6-14)17(23)24-11-16(22)21-13-7-9-15(10-8-13)26-18(19)20/h2-10,12,18H,11H2,1H3,(H,21,22)/t12-/m0/s1. The van der Waals surface area contributed by atoms with E-state index in [9.17, 15) is 18.4 Å². The molecule has 0 aliphatic carbocycles. The lowest BCUT2D eigenvalue weighted by Gasteiger charge is -2.14. The van der Waals surface area contributed by atoms with Gasteiger partial charge in [-0.2, -0.15) is 8.78 Å². The van der Waals surface area contributed by atoms with Gasteiger partial charge in [0.2, 0.25) is 0 Å². The van der Waals surface area contributed by atoms with Crippen LogP contribution in [0.2, 0.25) is 0 Å². The number of para-hydroxylation sites is 1. The maximum absolute atomic E-state index is 12.2. The second-order valence-corrected chi connectivity index (χ2v) is 6.20. The second kappa shape index (κ2) is 9.76. The molecule has 0 aliphatic rings. The van der Waals surface area contributed by atoms with Crippen LogP contribution < -0.4 is 10.1 Å². The molecule has 2 aromatic carbocycles. The highest BCUT2D eigenvalue weighted by molar-refractivity contribution is 7.99. The lowest BCUT2D eigenvalue weighted by Crippen LogP contribution is -2.29. The van der Waals surface area contributed by atoms with Gasteiger partial charge in [0.15, 0.2) is 12.7 Å². The highest BCUT2D eigenvalue weighted by atomic mass is 32.2. The third-order valence-corrected chi connectivity index (χ3v) is 3.82. The molecule has 0 aliphatic heterocycles. The number of ether oxygens (including phenoxy) is 2. The van der Waals surface area contributed by atoms with Crippen molar-refractivity contribution in [2.24, 2.45) is 0 Å². The fraction of sp³-hybridized carbons (Fsp3) is 0.222.